The fourth-order valence-electron chi connectivity index (χ4n) is 3.48. The highest BCUT2D eigenvalue weighted by Crippen LogP contribution is 2.22. The standard InChI is InChI=1S/C24H24N2O4S/c1-25(22-10-9-20-4-2-3-5-21(20)18-22)24(27)13-8-19-6-11-23(12-7-19)31(28,29)26-14-16-30-17-15-26/h2-13,18H,14-17H2,1H3/b13-8+. The van der Waals surface area contributed by atoms with Crippen LogP contribution >= 0.6 is 0 Å². The molecule has 7 heteroatoms. The van der Waals surface area contributed by atoms with E-state index in [2.05, 4.69) is 0 Å². The number of hydrogen-bond donors (Lipinski definition) is 0. The maximum Gasteiger partial charge on any atom is 0.250 e. The predicted molar refractivity (Wildman–Crippen MR) is 122 cm³/mol. The van der Waals surface area contributed by atoms with Gasteiger partial charge < -0.3 is 9.64 Å². The number of amides is 1. The molecule has 0 aromatic heterocycles. The number of nitrogens with zero attached hydrogens (tertiary/aromatic N) is 2. The molecule has 1 saturated heterocycles. The van der Waals surface area contributed by atoms with Crippen LogP contribution in [0.15, 0.2) is 77.7 Å². The summed E-state index contributed by atoms with van der Waals surface area (Å²) in [6.45, 7) is 1.54. The minimum absolute atomic E-state index is 0.166. The minimum atomic E-state index is -3.52. The molecule has 3 aromatic carbocycles. The molecule has 1 heterocycles. The highest BCUT2D eigenvalue weighted by atomic mass is 32.2. The zero-order valence-corrected chi connectivity index (χ0v) is 18.1. The number of anilines is 1. The number of fused-ring (bicyclic) bond motifs is 1. The van der Waals surface area contributed by atoms with Gasteiger partial charge in [-0.15, -0.1) is 0 Å². The zero-order valence-electron chi connectivity index (χ0n) is 17.3. The third-order valence-electron chi connectivity index (χ3n) is 5.36. The van der Waals surface area contributed by atoms with Crippen molar-refractivity contribution in [2.45, 2.75) is 4.90 Å². The van der Waals surface area contributed by atoms with Gasteiger partial charge >= 0.3 is 0 Å². The van der Waals surface area contributed by atoms with Gasteiger partial charge in [-0.3, -0.25) is 4.79 Å². The molecule has 31 heavy (non-hydrogen) atoms. The molecule has 160 valence electrons. The first-order valence-corrected chi connectivity index (χ1v) is 11.5. The molecule has 0 atom stereocenters. The van der Waals surface area contributed by atoms with Gasteiger partial charge in [-0.1, -0.05) is 42.5 Å². The number of hydrogen-bond acceptors (Lipinski definition) is 4. The fraction of sp³-hybridized carbons (Fsp3) is 0.208. The number of sulfonamides is 1. The van der Waals surface area contributed by atoms with Crippen LogP contribution < -0.4 is 4.90 Å². The second-order valence-corrected chi connectivity index (χ2v) is 9.29. The van der Waals surface area contributed by atoms with Gasteiger partial charge in [0.05, 0.1) is 18.1 Å². The Balaban J connectivity index is 1.45. The topological polar surface area (TPSA) is 66.9 Å². The molecule has 0 spiro atoms. The molecule has 0 saturated carbocycles. The van der Waals surface area contributed by atoms with Crippen molar-refractivity contribution in [2.24, 2.45) is 0 Å². The monoisotopic (exact) mass is 436 g/mol. The van der Waals surface area contributed by atoms with Gasteiger partial charge in [0.25, 0.3) is 5.91 Å². The maximum absolute atomic E-state index is 12.7. The van der Waals surface area contributed by atoms with E-state index in [4.69, 9.17) is 4.74 Å². The van der Waals surface area contributed by atoms with E-state index in [1.165, 1.54) is 10.4 Å². The number of likely N-dealkylation sites (N-methyl/N-ethyl adjacent to an activating group) is 1. The summed E-state index contributed by atoms with van der Waals surface area (Å²) in [5.41, 5.74) is 1.56. The van der Waals surface area contributed by atoms with Crippen LogP contribution in [-0.2, 0) is 19.6 Å². The van der Waals surface area contributed by atoms with Crippen LogP contribution in [0.5, 0.6) is 0 Å². The summed E-state index contributed by atoms with van der Waals surface area (Å²) in [7, 11) is -1.79. The third kappa shape index (κ3) is 4.69. The molecule has 1 amide bonds. The lowest BCUT2D eigenvalue weighted by molar-refractivity contribution is -0.113. The largest absolute Gasteiger partial charge is 0.379 e. The Hall–Kier alpha value is -3.00. The Kier molecular flexibility index (Phi) is 6.18. The molecule has 1 aliphatic rings. The van der Waals surface area contributed by atoms with Gasteiger partial charge in [0.2, 0.25) is 10.0 Å². The maximum atomic E-state index is 12.7. The van der Waals surface area contributed by atoms with Crippen LogP contribution in [0.3, 0.4) is 0 Å². The van der Waals surface area contributed by atoms with Crippen molar-refractivity contribution < 1.29 is 17.9 Å². The second-order valence-electron chi connectivity index (χ2n) is 7.35. The van der Waals surface area contributed by atoms with Gasteiger partial charge in [0.15, 0.2) is 0 Å². The molecular formula is C24H24N2O4S. The van der Waals surface area contributed by atoms with E-state index in [9.17, 15) is 13.2 Å². The molecule has 6 nitrogen and oxygen atoms in total. The van der Waals surface area contributed by atoms with Gasteiger partial charge in [-0.05, 0) is 46.7 Å². The molecule has 0 bridgehead atoms. The average molecular weight is 437 g/mol. The number of morpholine rings is 1. The molecular weight excluding hydrogens is 412 g/mol. The summed E-state index contributed by atoms with van der Waals surface area (Å²) in [6, 6.07) is 20.4. The smallest absolute Gasteiger partial charge is 0.250 e. The van der Waals surface area contributed by atoms with E-state index in [0.29, 0.717) is 26.3 Å². The van der Waals surface area contributed by atoms with Gasteiger partial charge in [0, 0.05) is 31.9 Å². The predicted octanol–water partition coefficient (Wildman–Crippen LogP) is 3.54. The van der Waals surface area contributed by atoms with Crippen LogP contribution in [0.4, 0.5) is 5.69 Å². The Bertz CT molecular complexity index is 1210. The molecule has 1 fully saturated rings. The van der Waals surface area contributed by atoms with Crippen molar-refractivity contribution in [1.82, 2.24) is 4.31 Å². The molecule has 1 aliphatic heterocycles. The molecule has 3 aromatic rings. The number of rotatable bonds is 5. The van der Waals surface area contributed by atoms with E-state index >= 15 is 0 Å². The number of benzene rings is 3. The lowest BCUT2D eigenvalue weighted by atomic mass is 10.1. The first-order valence-electron chi connectivity index (χ1n) is 10.1. The van der Waals surface area contributed by atoms with E-state index in [0.717, 1.165) is 22.0 Å². The molecule has 0 radical (unpaired) electrons. The SMILES string of the molecule is CN(C(=O)/C=C/c1ccc(S(=O)(=O)N2CCOCC2)cc1)c1ccc2ccccc2c1. The quantitative estimate of drug-likeness (QED) is 0.574. The molecule has 0 aliphatic carbocycles. The normalized spacial score (nSPS) is 15.4. The molecule has 0 N–H and O–H groups in total. The van der Waals surface area contributed by atoms with Gasteiger partial charge in [-0.25, -0.2) is 8.42 Å². The second kappa shape index (κ2) is 9.01. The van der Waals surface area contributed by atoms with Gasteiger partial charge in [0.1, 0.15) is 0 Å². The Labute approximate surface area is 182 Å². The van der Waals surface area contributed by atoms with Crippen LogP contribution in [0.1, 0.15) is 5.56 Å². The van der Waals surface area contributed by atoms with E-state index in [-0.39, 0.29) is 10.8 Å². The lowest BCUT2D eigenvalue weighted by Gasteiger charge is -2.26. The Morgan fingerprint density at radius 2 is 1.65 bits per heavy atom. The Morgan fingerprint density at radius 3 is 2.35 bits per heavy atom. The summed E-state index contributed by atoms with van der Waals surface area (Å²) in [5.74, 6) is -0.166. The van der Waals surface area contributed by atoms with Crippen molar-refractivity contribution in [3.8, 4) is 0 Å². The van der Waals surface area contributed by atoms with Crippen LogP contribution in [0.25, 0.3) is 16.8 Å². The Morgan fingerprint density at radius 1 is 0.968 bits per heavy atom. The zero-order chi connectivity index (χ0) is 21.8. The van der Waals surface area contributed by atoms with E-state index in [1.54, 1.807) is 42.3 Å². The molecule has 0 unspecified atom stereocenters. The average Bonchev–Trinajstić information content (AvgIpc) is 2.82. The number of ether oxygens (including phenoxy) is 1. The summed E-state index contributed by atoms with van der Waals surface area (Å²) in [5, 5.41) is 2.19. The first-order chi connectivity index (χ1) is 14.9. The van der Waals surface area contributed by atoms with E-state index in [1.807, 2.05) is 42.5 Å². The van der Waals surface area contributed by atoms with Crippen molar-refractivity contribution >= 4 is 38.5 Å². The van der Waals surface area contributed by atoms with Crippen molar-refractivity contribution in [3.63, 3.8) is 0 Å². The minimum Gasteiger partial charge on any atom is -0.379 e. The highest BCUT2D eigenvalue weighted by Gasteiger charge is 2.25. The van der Waals surface area contributed by atoms with Crippen LogP contribution in [0, 0.1) is 0 Å². The first kappa shape index (κ1) is 21.2. The summed E-state index contributed by atoms with van der Waals surface area (Å²) in [4.78, 5) is 14.4. The van der Waals surface area contributed by atoms with Crippen molar-refractivity contribution in [2.75, 3.05) is 38.3 Å². The highest BCUT2D eigenvalue weighted by molar-refractivity contribution is 7.89. The third-order valence-corrected chi connectivity index (χ3v) is 7.27. The summed E-state index contributed by atoms with van der Waals surface area (Å²) >= 11 is 0. The van der Waals surface area contributed by atoms with Crippen LogP contribution in [0.2, 0.25) is 0 Å². The van der Waals surface area contributed by atoms with Crippen LogP contribution in [-0.4, -0.2) is 52.0 Å². The van der Waals surface area contributed by atoms with Gasteiger partial charge in [-0.2, -0.15) is 4.31 Å². The molecule has 4 rings (SSSR count). The summed E-state index contributed by atoms with van der Waals surface area (Å²) < 4.78 is 32.1. The summed E-state index contributed by atoms with van der Waals surface area (Å²) in [6.07, 6.45) is 3.17. The van der Waals surface area contributed by atoms with E-state index < -0.39 is 10.0 Å². The number of carbonyl (C=O) groups is 1. The lowest BCUT2D eigenvalue weighted by Crippen LogP contribution is -2.40. The van der Waals surface area contributed by atoms with Crippen molar-refractivity contribution in [3.05, 3.63) is 78.4 Å². The number of carbonyl (C=O) groups excluding carboxylic acids is 1. The van der Waals surface area contributed by atoms with Crippen molar-refractivity contribution in [1.29, 1.82) is 0 Å². The fourth-order valence-corrected chi connectivity index (χ4v) is 4.89.